The second-order valence-electron chi connectivity index (χ2n) is 12.7. The summed E-state index contributed by atoms with van der Waals surface area (Å²) in [4.78, 5) is 7.19. The molecule has 0 amide bonds. The zero-order valence-electron chi connectivity index (χ0n) is 26.2. The van der Waals surface area contributed by atoms with Crippen molar-refractivity contribution in [3.05, 3.63) is 204 Å². The summed E-state index contributed by atoms with van der Waals surface area (Å²) in [5, 5.41) is 1.15. The van der Waals surface area contributed by atoms with Gasteiger partial charge in [-0.25, -0.2) is 0 Å². The largest absolute Gasteiger partial charge is 0.310 e. The zero-order chi connectivity index (χ0) is 31.7. The standard InChI is InChI=1S/C46H30N2/c1-2-17-35(18-3-1)48-43-24-8-6-22-40(43)46(41-23-7-9-25-44(41)48)39-21-5-4-19-37(39)38-27-26-33(30-42(38)46)32-14-10-15-34(29-32)36-20-11-13-31-16-12-28-47-45(31)36/h1-30H. The van der Waals surface area contributed by atoms with E-state index < -0.39 is 5.41 Å². The quantitative estimate of drug-likeness (QED) is 0.198. The second-order valence-corrected chi connectivity index (χ2v) is 12.7. The highest BCUT2D eigenvalue weighted by atomic mass is 15.2. The predicted molar refractivity (Wildman–Crippen MR) is 198 cm³/mol. The predicted octanol–water partition coefficient (Wildman–Crippen LogP) is 11.7. The first-order valence-electron chi connectivity index (χ1n) is 16.6. The number of benzene rings is 7. The van der Waals surface area contributed by atoms with Gasteiger partial charge in [0.05, 0.1) is 22.3 Å². The molecule has 0 N–H and O–H groups in total. The summed E-state index contributed by atoms with van der Waals surface area (Å²) in [6.45, 7) is 0. The fraction of sp³-hybridized carbons (Fsp3) is 0.0217. The molecule has 48 heavy (non-hydrogen) atoms. The molecule has 0 saturated carbocycles. The number of pyridine rings is 1. The Kier molecular flexibility index (Phi) is 5.82. The fourth-order valence-corrected chi connectivity index (χ4v) is 8.34. The summed E-state index contributed by atoms with van der Waals surface area (Å²) in [5.74, 6) is 0. The zero-order valence-corrected chi connectivity index (χ0v) is 26.2. The summed E-state index contributed by atoms with van der Waals surface area (Å²) in [6.07, 6.45) is 1.88. The molecule has 8 aromatic rings. The monoisotopic (exact) mass is 610 g/mol. The number of fused-ring (bicyclic) bond motifs is 10. The van der Waals surface area contributed by atoms with E-state index in [4.69, 9.17) is 4.98 Å². The fourth-order valence-electron chi connectivity index (χ4n) is 8.34. The minimum absolute atomic E-state index is 0.475. The van der Waals surface area contributed by atoms with Crippen LogP contribution in [0.5, 0.6) is 0 Å². The molecule has 1 aromatic heterocycles. The summed E-state index contributed by atoms with van der Waals surface area (Å²) in [5.41, 5.74) is 16.7. The molecule has 2 nitrogen and oxygen atoms in total. The number of anilines is 3. The van der Waals surface area contributed by atoms with Gasteiger partial charge in [-0.05, 0) is 92.5 Å². The van der Waals surface area contributed by atoms with Crippen LogP contribution in [0.4, 0.5) is 17.1 Å². The Morgan fingerprint density at radius 3 is 1.81 bits per heavy atom. The van der Waals surface area contributed by atoms with E-state index in [1.165, 1.54) is 61.4 Å². The Labute approximate surface area is 280 Å². The molecule has 10 rings (SSSR count). The number of para-hydroxylation sites is 4. The second kappa shape index (κ2) is 10.4. The van der Waals surface area contributed by atoms with Gasteiger partial charge in [0.25, 0.3) is 0 Å². The van der Waals surface area contributed by atoms with E-state index in [1.807, 2.05) is 12.3 Å². The van der Waals surface area contributed by atoms with Crippen molar-refractivity contribution in [1.29, 1.82) is 0 Å². The van der Waals surface area contributed by atoms with E-state index >= 15 is 0 Å². The molecule has 224 valence electrons. The van der Waals surface area contributed by atoms with Crippen LogP contribution in [0.2, 0.25) is 0 Å². The Morgan fingerprint density at radius 2 is 1.00 bits per heavy atom. The van der Waals surface area contributed by atoms with Crippen molar-refractivity contribution in [2.24, 2.45) is 0 Å². The molecule has 2 heteroatoms. The van der Waals surface area contributed by atoms with Crippen LogP contribution in [-0.4, -0.2) is 4.98 Å². The summed E-state index contributed by atoms with van der Waals surface area (Å²) in [6, 6.07) is 64.3. The molecule has 0 bridgehead atoms. The van der Waals surface area contributed by atoms with Crippen LogP contribution in [0.25, 0.3) is 44.3 Å². The molecule has 2 heterocycles. The average Bonchev–Trinajstić information content (AvgIpc) is 3.45. The van der Waals surface area contributed by atoms with Crippen LogP contribution in [0.15, 0.2) is 182 Å². The van der Waals surface area contributed by atoms with Gasteiger partial charge >= 0.3 is 0 Å². The van der Waals surface area contributed by atoms with E-state index in [0.717, 1.165) is 22.2 Å². The molecule has 1 aliphatic heterocycles. The molecule has 7 aromatic carbocycles. The van der Waals surface area contributed by atoms with Crippen molar-refractivity contribution in [3.8, 4) is 33.4 Å². The van der Waals surface area contributed by atoms with Crippen molar-refractivity contribution in [2.45, 2.75) is 5.41 Å². The van der Waals surface area contributed by atoms with Crippen molar-refractivity contribution in [3.63, 3.8) is 0 Å². The molecule has 1 aliphatic carbocycles. The maximum absolute atomic E-state index is 4.75. The number of nitrogens with zero attached hydrogens (tertiary/aromatic N) is 2. The van der Waals surface area contributed by atoms with Crippen molar-refractivity contribution in [1.82, 2.24) is 4.98 Å². The van der Waals surface area contributed by atoms with Crippen LogP contribution < -0.4 is 4.90 Å². The minimum Gasteiger partial charge on any atom is -0.310 e. The summed E-state index contributed by atoms with van der Waals surface area (Å²) in [7, 11) is 0. The van der Waals surface area contributed by atoms with Gasteiger partial charge in [0.15, 0.2) is 0 Å². The van der Waals surface area contributed by atoms with Gasteiger partial charge < -0.3 is 4.90 Å². The van der Waals surface area contributed by atoms with E-state index in [2.05, 4.69) is 175 Å². The minimum atomic E-state index is -0.475. The van der Waals surface area contributed by atoms with Crippen LogP contribution in [0.1, 0.15) is 22.3 Å². The Hall–Kier alpha value is -6.25. The first-order chi connectivity index (χ1) is 23.8. The Morgan fingerprint density at radius 1 is 0.396 bits per heavy atom. The van der Waals surface area contributed by atoms with Crippen molar-refractivity contribution >= 4 is 28.0 Å². The third kappa shape index (κ3) is 3.72. The first-order valence-corrected chi connectivity index (χ1v) is 16.6. The highest BCUT2D eigenvalue weighted by Gasteiger charge is 2.51. The lowest BCUT2D eigenvalue weighted by atomic mass is 9.64. The third-order valence-electron chi connectivity index (χ3n) is 10.3. The summed E-state index contributed by atoms with van der Waals surface area (Å²) >= 11 is 0. The highest BCUT2D eigenvalue weighted by molar-refractivity contribution is 5.97. The van der Waals surface area contributed by atoms with Gasteiger partial charge in [0.2, 0.25) is 0 Å². The normalized spacial score (nSPS) is 13.5. The molecule has 2 aliphatic rings. The highest BCUT2D eigenvalue weighted by Crippen LogP contribution is 2.63. The van der Waals surface area contributed by atoms with Crippen molar-refractivity contribution in [2.75, 3.05) is 4.90 Å². The molecule has 1 spiro atoms. The molecule has 0 saturated heterocycles. The Balaban J connectivity index is 1.23. The number of hydrogen-bond donors (Lipinski definition) is 0. The lowest BCUT2D eigenvalue weighted by molar-refractivity contribution is 0.753. The molecule has 0 unspecified atom stereocenters. The van der Waals surface area contributed by atoms with Gasteiger partial charge in [-0.2, -0.15) is 0 Å². The van der Waals surface area contributed by atoms with Gasteiger partial charge in [-0.1, -0.05) is 133 Å². The summed E-state index contributed by atoms with van der Waals surface area (Å²) < 4.78 is 0. The van der Waals surface area contributed by atoms with Gasteiger partial charge in [0.1, 0.15) is 0 Å². The number of aromatic nitrogens is 1. The van der Waals surface area contributed by atoms with Gasteiger partial charge in [-0.15, -0.1) is 0 Å². The van der Waals surface area contributed by atoms with Crippen LogP contribution >= 0.6 is 0 Å². The van der Waals surface area contributed by atoms with Crippen LogP contribution in [0.3, 0.4) is 0 Å². The molecule has 0 radical (unpaired) electrons. The maximum Gasteiger partial charge on any atom is 0.0780 e. The van der Waals surface area contributed by atoms with Gasteiger partial charge in [-0.3, -0.25) is 4.98 Å². The number of hydrogen-bond acceptors (Lipinski definition) is 2. The molecule has 0 atom stereocenters. The lowest BCUT2D eigenvalue weighted by Gasteiger charge is -2.45. The van der Waals surface area contributed by atoms with E-state index in [9.17, 15) is 0 Å². The van der Waals surface area contributed by atoms with Crippen LogP contribution in [0, 0.1) is 0 Å². The molecular weight excluding hydrogens is 581 g/mol. The smallest absolute Gasteiger partial charge is 0.0780 e. The SMILES string of the molecule is c1ccc(N2c3ccccc3C3(c4ccccc4-c4ccc(-c5cccc(-c6cccc7cccnc67)c5)cc43)c3ccccc32)cc1. The van der Waals surface area contributed by atoms with E-state index in [1.54, 1.807) is 0 Å². The van der Waals surface area contributed by atoms with Gasteiger partial charge in [0, 0.05) is 22.8 Å². The van der Waals surface area contributed by atoms with E-state index in [-0.39, 0.29) is 0 Å². The average molecular weight is 611 g/mol. The number of rotatable bonds is 3. The molecular formula is C46H30N2. The van der Waals surface area contributed by atoms with Crippen LogP contribution in [-0.2, 0) is 5.41 Å². The topological polar surface area (TPSA) is 16.1 Å². The first kappa shape index (κ1) is 26.9. The van der Waals surface area contributed by atoms with Crippen molar-refractivity contribution < 1.29 is 0 Å². The maximum atomic E-state index is 4.75. The van der Waals surface area contributed by atoms with E-state index in [0.29, 0.717) is 0 Å². The lowest BCUT2D eigenvalue weighted by Crippen LogP contribution is -2.36. The Bertz CT molecular complexity index is 2480. The molecule has 0 fully saturated rings. The third-order valence-corrected chi connectivity index (χ3v) is 10.3.